The van der Waals surface area contributed by atoms with Crippen molar-refractivity contribution < 1.29 is 23.2 Å². The molecule has 0 bridgehead atoms. The summed E-state index contributed by atoms with van der Waals surface area (Å²) < 4.78 is 33.2. The predicted molar refractivity (Wildman–Crippen MR) is 121 cm³/mol. The normalized spacial score (nSPS) is 11.3. The summed E-state index contributed by atoms with van der Waals surface area (Å²) >= 11 is 5.82. The number of nitro benzene ring substituents is 1. The summed E-state index contributed by atoms with van der Waals surface area (Å²) in [6.45, 7) is 0. The fraction of sp³-hybridized carbons (Fsp3) is 0.0500. The molecular weight excluding hydrogens is 460 g/mol. The number of methoxy groups -OCH3 is 1. The van der Waals surface area contributed by atoms with Crippen molar-refractivity contribution in [2.45, 2.75) is 4.90 Å². The predicted octanol–water partition coefficient (Wildman–Crippen LogP) is 4.21. The number of rotatable bonds is 8. The SMILES string of the molecule is COc1cc(/C=N\Nc2ccc([N+](=O)[O-])cc2S(=O)(=O)Nc2ccc(Cl)cc2)ccc1O. The number of nitrogens with zero attached hydrogens (tertiary/aromatic N) is 2. The number of non-ortho nitro benzene ring substituents is 1. The summed E-state index contributed by atoms with van der Waals surface area (Å²) in [5.74, 6) is 0.189. The van der Waals surface area contributed by atoms with Crippen LogP contribution in [0.4, 0.5) is 17.1 Å². The smallest absolute Gasteiger partial charge is 0.270 e. The van der Waals surface area contributed by atoms with Crippen LogP contribution in [0.15, 0.2) is 70.7 Å². The van der Waals surface area contributed by atoms with Gasteiger partial charge in [0.1, 0.15) is 4.90 Å². The Balaban J connectivity index is 1.92. The average Bonchev–Trinajstić information content (AvgIpc) is 2.76. The summed E-state index contributed by atoms with van der Waals surface area (Å²) in [5, 5.41) is 25.2. The van der Waals surface area contributed by atoms with E-state index < -0.39 is 20.6 Å². The van der Waals surface area contributed by atoms with E-state index >= 15 is 0 Å². The lowest BCUT2D eigenvalue weighted by molar-refractivity contribution is -0.385. The molecule has 0 saturated carbocycles. The third-order valence-electron chi connectivity index (χ3n) is 4.16. The Morgan fingerprint density at radius 2 is 1.84 bits per heavy atom. The maximum Gasteiger partial charge on any atom is 0.270 e. The number of nitrogens with one attached hydrogen (secondary N) is 2. The second-order valence-electron chi connectivity index (χ2n) is 6.35. The van der Waals surface area contributed by atoms with E-state index in [-0.39, 0.29) is 27.8 Å². The molecule has 166 valence electrons. The third kappa shape index (κ3) is 5.45. The van der Waals surface area contributed by atoms with E-state index in [0.29, 0.717) is 10.6 Å². The standard InChI is InChI=1S/C20H17ClN4O6S/c1-31-19-10-13(2-9-18(19)26)12-22-23-17-8-7-16(25(27)28)11-20(17)32(29,30)24-15-5-3-14(21)4-6-15/h2-12,23-24,26H,1H3/b22-12-. The maximum atomic E-state index is 12.9. The molecule has 0 atom stereocenters. The second kappa shape index (κ2) is 9.54. The monoisotopic (exact) mass is 476 g/mol. The molecule has 0 aliphatic heterocycles. The number of phenolic OH excluding ortho intramolecular Hbond substituents is 1. The fourth-order valence-electron chi connectivity index (χ4n) is 2.62. The lowest BCUT2D eigenvalue weighted by atomic mass is 10.2. The van der Waals surface area contributed by atoms with E-state index in [4.69, 9.17) is 16.3 Å². The molecule has 3 rings (SSSR count). The molecule has 0 saturated heterocycles. The van der Waals surface area contributed by atoms with Crippen LogP contribution in [0.2, 0.25) is 5.02 Å². The van der Waals surface area contributed by atoms with Crippen molar-refractivity contribution >= 4 is 44.9 Å². The number of phenols is 1. The van der Waals surface area contributed by atoms with E-state index in [1.807, 2.05) is 0 Å². The van der Waals surface area contributed by atoms with Crippen LogP contribution >= 0.6 is 11.6 Å². The highest BCUT2D eigenvalue weighted by Gasteiger charge is 2.22. The quantitative estimate of drug-likeness (QED) is 0.251. The van der Waals surface area contributed by atoms with Crippen molar-refractivity contribution in [2.24, 2.45) is 5.10 Å². The number of ether oxygens (including phenoxy) is 1. The zero-order valence-corrected chi connectivity index (χ0v) is 18.1. The molecule has 3 N–H and O–H groups in total. The molecule has 32 heavy (non-hydrogen) atoms. The lowest BCUT2D eigenvalue weighted by Gasteiger charge is -2.12. The number of hydrogen-bond donors (Lipinski definition) is 3. The van der Waals surface area contributed by atoms with Gasteiger partial charge < -0.3 is 9.84 Å². The molecule has 0 radical (unpaired) electrons. The number of hydrogen-bond acceptors (Lipinski definition) is 8. The Morgan fingerprint density at radius 3 is 2.50 bits per heavy atom. The number of aromatic hydroxyl groups is 1. The van der Waals surface area contributed by atoms with Gasteiger partial charge in [0, 0.05) is 22.8 Å². The van der Waals surface area contributed by atoms with Gasteiger partial charge in [-0.05, 0) is 54.1 Å². The van der Waals surface area contributed by atoms with Crippen molar-refractivity contribution in [3.05, 3.63) is 81.4 Å². The van der Waals surface area contributed by atoms with Crippen molar-refractivity contribution in [1.29, 1.82) is 0 Å². The average molecular weight is 477 g/mol. The molecule has 3 aromatic carbocycles. The molecule has 0 aliphatic rings. The van der Waals surface area contributed by atoms with E-state index in [0.717, 1.165) is 12.1 Å². The molecule has 0 amide bonds. The first-order chi connectivity index (χ1) is 15.2. The Bertz CT molecular complexity index is 1280. The number of anilines is 2. The second-order valence-corrected chi connectivity index (χ2v) is 8.44. The Hall–Kier alpha value is -3.83. The molecular formula is C20H17ClN4O6S. The van der Waals surface area contributed by atoms with Gasteiger partial charge >= 0.3 is 0 Å². The van der Waals surface area contributed by atoms with Crippen molar-refractivity contribution in [3.8, 4) is 11.5 Å². The summed E-state index contributed by atoms with van der Waals surface area (Å²) in [6, 6.07) is 13.8. The minimum Gasteiger partial charge on any atom is -0.504 e. The van der Waals surface area contributed by atoms with Crippen molar-refractivity contribution in [2.75, 3.05) is 17.3 Å². The summed E-state index contributed by atoms with van der Waals surface area (Å²) in [4.78, 5) is 10.1. The highest BCUT2D eigenvalue weighted by atomic mass is 35.5. The zero-order valence-electron chi connectivity index (χ0n) is 16.5. The van der Waals surface area contributed by atoms with Crippen LogP contribution in [-0.4, -0.2) is 31.8 Å². The minimum atomic E-state index is -4.21. The van der Waals surface area contributed by atoms with Crippen LogP contribution in [0.25, 0.3) is 0 Å². The van der Waals surface area contributed by atoms with Gasteiger partial charge in [0.25, 0.3) is 15.7 Å². The lowest BCUT2D eigenvalue weighted by Crippen LogP contribution is -2.15. The van der Waals surface area contributed by atoms with Gasteiger partial charge in [-0.1, -0.05) is 11.6 Å². The molecule has 0 aromatic heterocycles. The van der Waals surface area contributed by atoms with Crippen LogP contribution in [-0.2, 0) is 10.0 Å². The molecule has 0 unspecified atom stereocenters. The summed E-state index contributed by atoms with van der Waals surface area (Å²) in [7, 11) is -2.81. The first-order valence-electron chi connectivity index (χ1n) is 8.92. The number of benzene rings is 3. The maximum absolute atomic E-state index is 12.9. The third-order valence-corrected chi connectivity index (χ3v) is 5.84. The summed E-state index contributed by atoms with van der Waals surface area (Å²) in [6.07, 6.45) is 1.37. The van der Waals surface area contributed by atoms with Gasteiger partial charge in [-0.25, -0.2) is 8.42 Å². The van der Waals surface area contributed by atoms with Crippen LogP contribution < -0.4 is 14.9 Å². The Morgan fingerprint density at radius 1 is 1.12 bits per heavy atom. The van der Waals surface area contributed by atoms with Gasteiger partial charge in [0.2, 0.25) is 0 Å². The topological polar surface area (TPSA) is 143 Å². The van der Waals surface area contributed by atoms with Crippen molar-refractivity contribution in [3.63, 3.8) is 0 Å². The van der Waals surface area contributed by atoms with Gasteiger partial charge in [-0.2, -0.15) is 5.10 Å². The number of sulfonamides is 1. The Labute approximate surface area is 188 Å². The highest BCUT2D eigenvalue weighted by Crippen LogP contribution is 2.29. The Kier molecular flexibility index (Phi) is 6.81. The van der Waals surface area contributed by atoms with Crippen LogP contribution in [0.3, 0.4) is 0 Å². The molecule has 12 heteroatoms. The van der Waals surface area contributed by atoms with E-state index in [1.54, 1.807) is 6.07 Å². The van der Waals surface area contributed by atoms with Gasteiger partial charge in [0.05, 0.1) is 23.9 Å². The van der Waals surface area contributed by atoms with Gasteiger partial charge in [-0.15, -0.1) is 0 Å². The molecule has 10 nitrogen and oxygen atoms in total. The minimum absolute atomic E-state index is 0.0130. The zero-order chi connectivity index (χ0) is 23.3. The number of halogens is 1. The van der Waals surface area contributed by atoms with E-state index in [1.165, 1.54) is 55.8 Å². The molecule has 0 aliphatic carbocycles. The summed E-state index contributed by atoms with van der Waals surface area (Å²) in [5.41, 5.74) is 2.98. The van der Waals surface area contributed by atoms with Gasteiger partial charge in [0.15, 0.2) is 11.5 Å². The van der Waals surface area contributed by atoms with Gasteiger partial charge in [-0.3, -0.25) is 20.3 Å². The molecule has 0 heterocycles. The van der Waals surface area contributed by atoms with Crippen LogP contribution in [0, 0.1) is 10.1 Å². The first kappa shape index (κ1) is 22.8. The van der Waals surface area contributed by atoms with Crippen molar-refractivity contribution in [1.82, 2.24) is 0 Å². The highest BCUT2D eigenvalue weighted by molar-refractivity contribution is 7.92. The number of hydrazone groups is 1. The van der Waals surface area contributed by atoms with Crippen LogP contribution in [0.1, 0.15) is 5.56 Å². The van der Waals surface area contributed by atoms with Crippen LogP contribution in [0.5, 0.6) is 11.5 Å². The molecule has 3 aromatic rings. The fourth-order valence-corrected chi connectivity index (χ4v) is 3.98. The first-order valence-corrected chi connectivity index (χ1v) is 10.8. The van der Waals surface area contributed by atoms with E-state index in [2.05, 4.69) is 15.2 Å². The van der Waals surface area contributed by atoms with E-state index in [9.17, 15) is 23.6 Å². The molecule has 0 fully saturated rings. The molecule has 0 spiro atoms. The largest absolute Gasteiger partial charge is 0.504 e. The number of nitro groups is 1.